The van der Waals surface area contributed by atoms with Gasteiger partial charge in [-0.1, -0.05) is 0 Å². The minimum absolute atomic E-state index is 0.167. The number of aldehydes is 1. The van der Waals surface area contributed by atoms with E-state index in [4.69, 9.17) is 0 Å². The number of benzene rings is 1. The Bertz CT molecular complexity index is 555. The molecule has 2 rings (SSSR count). The maximum atomic E-state index is 13.4. The van der Waals surface area contributed by atoms with Gasteiger partial charge < -0.3 is 0 Å². The molecular formula is C13H9F2NO. The second-order valence-corrected chi connectivity index (χ2v) is 3.60. The lowest BCUT2D eigenvalue weighted by molar-refractivity contribution is 0.112. The number of pyridine rings is 1. The van der Waals surface area contributed by atoms with Crippen molar-refractivity contribution >= 4 is 6.29 Å². The van der Waals surface area contributed by atoms with Gasteiger partial charge in [0.2, 0.25) is 0 Å². The molecule has 86 valence electrons. The normalized spacial score (nSPS) is 10.2. The van der Waals surface area contributed by atoms with Gasteiger partial charge >= 0.3 is 0 Å². The number of halogens is 2. The Morgan fingerprint density at radius 3 is 2.76 bits per heavy atom. The minimum atomic E-state index is -0.497. The highest BCUT2D eigenvalue weighted by Gasteiger charge is 2.08. The molecule has 0 atom stereocenters. The van der Waals surface area contributed by atoms with Gasteiger partial charge in [-0.05, 0) is 35.4 Å². The minimum Gasteiger partial charge on any atom is -0.298 e. The molecule has 0 amide bonds. The molecule has 0 N–H and O–H groups in total. The van der Waals surface area contributed by atoms with Crippen LogP contribution < -0.4 is 0 Å². The molecule has 1 aromatic heterocycles. The molecule has 0 aliphatic carbocycles. The molecule has 4 heteroatoms. The zero-order valence-electron chi connectivity index (χ0n) is 8.86. The monoisotopic (exact) mass is 233 g/mol. The third-order valence-electron chi connectivity index (χ3n) is 2.46. The number of nitrogens with zero attached hydrogens (tertiary/aromatic N) is 1. The van der Waals surface area contributed by atoms with Gasteiger partial charge in [-0.2, -0.15) is 0 Å². The van der Waals surface area contributed by atoms with Crippen molar-refractivity contribution in [3.8, 4) is 0 Å². The molecule has 0 unspecified atom stereocenters. The van der Waals surface area contributed by atoms with E-state index in [2.05, 4.69) is 4.98 Å². The summed E-state index contributed by atoms with van der Waals surface area (Å²) in [6.07, 6.45) is 3.73. The zero-order valence-corrected chi connectivity index (χ0v) is 8.86. The predicted molar refractivity (Wildman–Crippen MR) is 58.8 cm³/mol. The van der Waals surface area contributed by atoms with Crippen molar-refractivity contribution in [2.24, 2.45) is 0 Å². The average Bonchev–Trinajstić information content (AvgIpc) is 2.34. The second-order valence-electron chi connectivity index (χ2n) is 3.60. The van der Waals surface area contributed by atoms with Gasteiger partial charge in [-0.3, -0.25) is 9.78 Å². The summed E-state index contributed by atoms with van der Waals surface area (Å²) in [5, 5.41) is 0. The second kappa shape index (κ2) is 4.82. The van der Waals surface area contributed by atoms with Gasteiger partial charge in [-0.15, -0.1) is 0 Å². The maximum absolute atomic E-state index is 13.4. The Morgan fingerprint density at radius 1 is 1.18 bits per heavy atom. The molecule has 0 fully saturated rings. The molecule has 2 aromatic rings. The molecule has 0 spiro atoms. The molecule has 0 bridgehead atoms. The largest absolute Gasteiger partial charge is 0.298 e. The number of rotatable bonds is 3. The number of carbonyl (C=O) groups is 1. The molecular weight excluding hydrogens is 224 g/mol. The fraction of sp³-hybridized carbons (Fsp3) is 0.0769. The third kappa shape index (κ3) is 2.53. The molecule has 1 aromatic carbocycles. The maximum Gasteiger partial charge on any atom is 0.151 e. The first kappa shape index (κ1) is 11.4. The van der Waals surface area contributed by atoms with Crippen molar-refractivity contribution in [3.05, 3.63) is 65.0 Å². The molecule has 1 heterocycles. The van der Waals surface area contributed by atoms with Gasteiger partial charge in [-0.25, -0.2) is 8.78 Å². The Kier molecular flexibility index (Phi) is 3.23. The molecule has 2 nitrogen and oxygen atoms in total. The van der Waals surface area contributed by atoms with E-state index in [-0.39, 0.29) is 12.0 Å². The summed E-state index contributed by atoms with van der Waals surface area (Å²) in [4.78, 5) is 14.6. The topological polar surface area (TPSA) is 30.0 Å². The molecule has 0 saturated heterocycles. The van der Waals surface area contributed by atoms with Crippen LogP contribution in [0.5, 0.6) is 0 Å². The van der Waals surface area contributed by atoms with E-state index in [0.29, 0.717) is 17.4 Å². The Balaban J connectivity index is 2.37. The fourth-order valence-electron chi connectivity index (χ4n) is 1.59. The van der Waals surface area contributed by atoms with Crippen molar-refractivity contribution in [3.63, 3.8) is 0 Å². The first-order valence-electron chi connectivity index (χ1n) is 5.02. The molecule has 0 saturated carbocycles. The van der Waals surface area contributed by atoms with Crippen molar-refractivity contribution in [1.29, 1.82) is 0 Å². The fourth-order valence-corrected chi connectivity index (χ4v) is 1.59. The number of hydrogen-bond acceptors (Lipinski definition) is 2. The lowest BCUT2D eigenvalue weighted by atomic mass is 10.0. The van der Waals surface area contributed by atoms with Crippen molar-refractivity contribution in [1.82, 2.24) is 4.98 Å². The van der Waals surface area contributed by atoms with Crippen LogP contribution in [0.1, 0.15) is 21.5 Å². The van der Waals surface area contributed by atoms with Gasteiger partial charge in [0, 0.05) is 24.4 Å². The smallest absolute Gasteiger partial charge is 0.151 e. The Labute approximate surface area is 96.9 Å². The van der Waals surface area contributed by atoms with Crippen LogP contribution in [0.25, 0.3) is 0 Å². The van der Waals surface area contributed by atoms with Gasteiger partial charge in [0.15, 0.2) is 6.29 Å². The summed E-state index contributed by atoms with van der Waals surface area (Å²) in [6.45, 7) is 0. The lowest BCUT2D eigenvalue weighted by Crippen LogP contribution is -1.98. The standard InChI is InChI=1S/C13H9F2NO/c14-12-1-2-13(15)10(6-12)5-9-3-4-16-7-11(9)8-17/h1-4,6-8H,5H2. The van der Waals surface area contributed by atoms with E-state index in [9.17, 15) is 13.6 Å². The van der Waals surface area contributed by atoms with Crippen molar-refractivity contribution < 1.29 is 13.6 Å². The predicted octanol–water partition coefficient (Wildman–Crippen LogP) is 2.76. The highest BCUT2D eigenvalue weighted by molar-refractivity contribution is 5.76. The summed E-state index contributed by atoms with van der Waals surface area (Å²) in [5.41, 5.74) is 1.23. The summed E-state index contributed by atoms with van der Waals surface area (Å²) in [5.74, 6) is -0.983. The third-order valence-corrected chi connectivity index (χ3v) is 2.46. The van der Waals surface area contributed by atoms with E-state index < -0.39 is 11.6 Å². The van der Waals surface area contributed by atoms with Crippen LogP contribution in [0.3, 0.4) is 0 Å². The van der Waals surface area contributed by atoms with Crippen LogP contribution in [-0.4, -0.2) is 11.3 Å². The van der Waals surface area contributed by atoms with E-state index in [0.717, 1.165) is 18.2 Å². The number of carbonyl (C=O) groups excluding carboxylic acids is 1. The van der Waals surface area contributed by atoms with E-state index in [1.54, 1.807) is 6.07 Å². The lowest BCUT2D eigenvalue weighted by Gasteiger charge is -2.05. The summed E-state index contributed by atoms with van der Waals surface area (Å²) in [6, 6.07) is 4.89. The highest BCUT2D eigenvalue weighted by Crippen LogP contribution is 2.16. The van der Waals surface area contributed by atoms with Crippen LogP contribution in [0.15, 0.2) is 36.7 Å². The Morgan fingerprint density at radius 2 is 2.00 bits per heavy atom. The summed E-state index contributed by atoms with van der Waals surface area (Å²) in [7, 11) is 0. The van der Waals surface area contributed by atoms with Gasteiger partial charge in [0.25, 0.3) is 0 Å². The SMILES string of the molecule is O=Cc1cnccc1Cc1cc(F)ccc1F. The average molecular weight is 233 g/mol. The van der Waals surface area contributed by atoms with Crippen LogP contribution in [0.4, 0.5) is 8.78 Å². The molecule has 17 heavy (non-hydrogen) atoms. The van der Waals surface area contributed by atoms with Crippen molar-refractivity contribution in [2.45, 2.75) is 6.42 Å². The van der Waals surface area contributed by atoms with Gasteiger partial charge in [0.1, 0.15) is 11.6 Å². The summed E-state index contributed by atoms with van der Waals surface area (Å²) >= 11 is 0. The molecule has 0 aliphatic heterocycles. The van der Waals surface area contributed by atoms with E-state index in [1.165, 1.54) is 12.4 Å². The number of hydrogen-bond donors (Lipinski definition) is 0. The summed E-state index contributed by atoms with van der Waals surface area (Å²) < 4.78 is 26.4. The number of aromatic nitrogens is 1. The van der Waals surface area contributed by atoms with Gasteiger partial charge in [0.05, 0.1) is 0 Å². The van der Waals surface area contributed by atoms with Crippen LogP contribution >= 0.6 is 0 Å². The van der Waals surface area contributed by atoms with E-state index >= 15 is 0 Å². The quantitative estimate of drug-likeness (QED) is 0.763. The van der Waals surface area contributed by atoms with Crippen LogP contribution in [0.2, 0.25) is 0 Å². The van der Waals surface area contributed by atoms with Crippen LogP contribution in [0, 0.1) is 11.6 Å². The van der Waals surface area contributed by atoms with E-state index in [1.807, 2.05) is 0 Å². The van der Waals surface area contributed by atoms with Crippen LogP contribution in [-0.2, 0) is 6.42 Å². The molecule has 0 radical (unpaired) electrons. The highest BCUT2D eigenvalue weighted by atomic mass is 19.1. The molecule has 0 aliphatic rings. The zero-order chi connectivity index (χ0) is 12.3. The Hall–Kier alpha value is -2.10. The first-order valence-corrected chi connectivity index (χ1v) is 5.02. The van der Waals surface area contributed by atoms with Crippen molar-refractivity contribution in [2.75, 3.05) is 0 Å². The first-order chi connectivity index (χ1) is 8.20.